The number of fused-ring (bicyclic) bond motifs is 1. The molecule has 1 unspecified atom stereocenters. The van der Waals surface area contributed by atoms with Crippen LogP contribution >= 0.6 is 0 Å². The lowest BCUT2D eigenvalue weighted by atomic mass is 10.0. The van der Waals surface area contributed by atoms with E-state index in [1.165, 1.54) is 0 Å². The van der Waals surface area contributed by atoms with Gasteiger partial charge < -0.3 is 4.74 Å². The van der Waals surface area contributed by atoms with Gasteiger partial charge in [0.25, 0.3) is 11.8 Å². The summed E-state index contributed by atoms with van der Waals surface area (Å²) < 4.78 is 4.89. The number of benzene rings is 2. The van der Waals surface area contributed by atoms with Crippen molar-refractivity contribution in [3.8, 4) is 6.07 Å². The smallest absolute Gasteiger partial charge is 0.330 e. The first-order valence-electron chi connectivity index (χ1n) is 7.68. The molecule has 1 aliphatic rings. The predicted molar refractivity (Wildman–Crippen MR) is 87.4 cm³/mol. The lowest BCUT2D eigenvalue weighted by Gasteiger charge is -2.24. The molecule has 0 N–H and O–H groups in total. The van der Waals surface area contributed by atoms with Crippen molar-refractivity contribution < 1.29 is 19.1 Å². The number of amides is 2. The Labute approximate surface area is 144 Å². The summed E-state index contributed by atoms with van der Waals surface area (Å²) in [5.74, 6) is -1.84. The Morgan fingerprint density at radius 3 is 2.12 bits per heavy atom. The molecule has 0 fully saturated rings. The Kier molecular flexibility index (Phi) is 4.57. The zero-order valence-electron chi connectivity index (χ0n) is 13.2. The molecule has 0 bridgehead atoms. The van der Waals surface area contributed by atoms with Crippen molar-refractivity contribution in [1.29, 1.82) is 5.26 Å². The Hall–Kier alpha value is -3.46. The number of rotatable bonds is 5. The average Bonchev–Trinajstić information content (AvgIpc) is 2.90. The van der Waals surface area contributed by atoms with Crippen LogP contribution < -0.4 is 0 Å². The van der Waals surface area contributed by atoms with E-state index in [2.05, 4.69) is 0 Å². The van der Waals surface area contributed by atoms with Crippen LogP contribution in [0.15, 0.2) is 54.6 Å². The molecule has 2 aromatic carbocycles. The molecule has 0 radical (unpaired) electrons. The SMILES string of the molecule is N#CCOC(=O)C(Cc1ccccc1)N1C(=O)c2ccccc2C1=O. The number of carbonyl (C=O) groups excluding carboxylic acids is 3. The van der Waals surface area contributed by atoms with Crippen molar-refractivity contribution in [3.05, 3.63) is 71.3 Å². The van der Waals surface area contributed by atoms with Gasteiger partial charge in [-0.25, -0.2) is 4.79 Å². The standard InChI is InChI=1S/C19H14N2O4/c20-10-11-25-19(24)16(12-13-6-2-1-3-7-13)21-17(22)14-8-4-5-9-15(14)18(21)23/h1-9,16H,11-12H2. The van der Waals surface area contributed by atoms with Gasteiger partial charge in [0, 0.05) is 6.42 Å². The second-order valence-corrected chi connectivity index (χ2v) is 5.50. The molecule has 124 valence electrons. The first kappa shape index (κ1) is 16.4. The van der Waals surface area contributed by atoms with E-state index in [1.807, 2.05) is 6.07 Å². The third-order valence-electron chi connectivity index (χ3n) is 3.96. The fourth-order valence-electron chi connectivity index (χ4n) is 2.81. The maximum Gasteiger partial charge on any atom is 0.330 e. The molecule has 25 heavy (non-hydrogen) atoms. The minimum Gasteiger partial charge on any atom is -0.449 e. The van der Waals surface area contributed by atoms with Gasteiger partial charge in [-0.15, -0.1) is 0 Å². The monoisotopic (exact) mass is 334 g/mol. The number of ether oxygens (including phenoxy) is 1. The van der Waals surface area contributed by atoms with E-state index in [-0.39, 0.29) is 17.5 Å². The second kappa shape index (κ2) is 6.97. The van der Waals surface area contributed by atoms with Gasteiger partial charge in [0.2, 0.25) is 0 Å². The molecule has 1 atom stereocenters. The summed E-state index contributed by atoms with van der Waals surface area (Å²) in [5.41, 5.74) is 1.30. The molecule has 0 saturated carbocycles. The fourth-order valence-corrected chi connectivity index (χ4v) is 2.81. The Bertz CT molecular complexity index is 835. The molecular weight excluding hydrogens is 320 g/mol. The van der Waals surface area contributed by atoms with E-state index in [9.17, 15) is 14.4 Å². The Balaban J connectivity index is 1.95. The molecule has 0 spiro atoms. The van der Waals surface area contributed by atoms with Crippen molar-refractivity contribution in [2.24, 2.45) is 0 Å². The van der Waals surface area contributed by atoms with E-state index in [0.717, 1.165) is 10.5 Å². The highest BCUT2D eigenvalue weighted by Gasteiger charge is 2.43. The fraction of sp³-hybridized carbons (Fsp3) is 0.158. The average molecular weight is 334 g/mol. The van der Waals surface area contributed by atoms with Gasteiger partial charge >= 0.3 is 5.97 Å². The minimum absolute atomic E-state index is 0.122. The third kappa shape index (κ3) is 3.12. The molecular formula is C19H14N2O4. The second-order valence-electron chi connectivity index (χ2n) is 5.50. The van der Waals surface area contributed by atoms with Crippen LogP contribution in [0.2, 0.25) is 0 Å². The largest absolute Gasteiger partial charge is 0.449 e. The Morgan fingerprint density at radius 2 is 1.56 bits per heavy atom. The van der Waals surface area contributed by atoms with Gasteiger partial charge in [-0.2, -0.15) is 5.26 Å². The maximum atomic E-state index is 12.6. The Morgan fingerprint density at radius 1 is 1.00 bits per heavy atom. The number of nitrogens with zero attached hydrogens (tertiary/aromatic N) is 2. The quantitative estimate of drug-likeness (QED) is 0.616. The van der Waals surface area contributed by atoms with Crippen molar-refractivity contribution in [2.75, 3.05) is 6.61 Å². The molecule has 2 amide bonds. The zero-order valence-corrected chi connectivity index (χ0v) is 13.2. The molecule has 6 nitrogen and oxygen atoms in total. The number of imide groups is 1. The molecule has 2 aromatic rings. The molecule has 3 rings (SSSR count). The number of nitriles is 1. The van der Waals surface area contributed by atoms with Gasteiger partial charge in [0.05, 0.1) is 11.1 Å². The van der Waals surface area contributed by atoms with Gasteiger partial charge in [0.15, 0.2) is 6.61 Å². The zero-order chi connectivity index (χ0) is 17.8. The molecule has 0 saturated heterocycles. The highest BCUT2D eigenvalue weighted by molar-refractivity contribution is 6.22. The maximum absolute atomic E-state index is 12.6. The van der Waals surface area contributed by atoms with E-state index >= 15 is 0 Å². The summed E-state index contributed by atoms with van der Waals surface area (Å²) in [6.07, 6.45) is 0.122. The van der Waals surface area contributed by atoms with Crippen molar-refractivity contribution >= 4 is 17.8 Å². The first-order chi connectivity index (χ1) is 12.1. The molecule has 6 heteroatoms. The van der Waals surface area contributed by atoms with E-state index in [4.69, 9.17) is 10.00 Å². The third-order valence-corrected chi connectivity index (χ3v) is 3.96. The number of hydrogen-bond acceptors (Lipinski definition) is 5. The van der Waals surface area contributed by atoms with Crippen molar-refractivity contribution in [2.45, 2.75) is 12.5 Å². The normalized spacial score (nSPS) is 14.0. The molecule has 1 heterocycles. The molecule has 0 aromatic heterocycles. The highest BCUT2D eigenvalue weighted by atomic mass is 16.5. The topological polar surface area (TPSA) is 87.5 Å². The van der Waals surface area contributed by atoms with E-state index in [1.54, 1.807) is 54.6 Å². The van der Waals surface area contributed by atoms with Crippen LogP contribution in [0.3, 0.4) is 0 Å². The van der Waals surface area contributed by atoms with Crippen molar-refractivity contribution in [1.82, 2.24) is 4.90 Å². The van der Waals surface area contributed by atoms with Gasteiger partial charge in [-0.1, -0.05) is 42.5 Å². The molecule has 1 aliphatic heterocycles. The summed E-state index contributed by atoms with van der Waals surface area (Å²) in [6, 6.07) is 16.0. The number of hydrogen-bond donors (Lipinski definition) is 0. The van der Waals surface area contributed by atoms with Crippen molar-refractivity contribution in [3.63, 3.8) is 0 Å². The van der Waals surface area contributed by atoms with Gasteiger partial charge in [-0.05, 0) is 17.7 Å². The van der Waals surface area contributed by atoms with Crippen LogP contribution in [-0.4, -0.2) is 35.3 Å². The minimum atomic E-state index is -1.12. The van der Waals surface area contributed by atoms with E-state index in [0.29, 0.717) is 0 Å². The van der Waals surface area contributed by atoms with Gasteiger partial charge in [0.1, 0.15) is 12.1 Å². The summed E-state index contributed by atoms with van der Waals surface area (Å²) in [7, 11) is 0. The number of esters is 1. The predicted octanol–water partition coefficient (Wildman–Crippen LogP) is 1.96. The summed E-state index contributed by atoms with van der Waals surface area (Å²) in [4.78, 5) is 38.6. The van der Waals surface area contributed by atoms with E-state index < -0.39 is 30.4 Å². The highest BCUT2D eigenvalue weighted by Crippen LogP contribution is 2.26. The lowest BCUT2D eigenvalue weighted by molar-refractivity contribution is -0.146. The number of carbonyl (C=O) groups is 3. The first-order valence-corrected chi connectivity index (χ1v) is 7.68. The van der Waals surface area contributed by atoms with Crippen LogP contribution in [0.5, 0.6) is 0 Å². The lowest BCUT2D eigenvalue weighted by Crippen LogP contribution is -2.47. The summed E-state index contributed by atoms with van der Waals surface area (Å²) >= 11 is 0. The van der Waals surface area contributed by atoms with Crippen LogP contribution in [0.4, 0.5) is 0 Å². The van der Waals surface area contributed by atoms with Crippen LogP contribution in [0.25, 0.3) is 0 Å². The van der Waals surface area contributed by atoms with Gasteiger partial charge in [-0.3, -0.25) is 14.5 Å². The molecule has 0 aliphatic carbocycles. The van der Waals surface area contributed by atoms with Crippen LogP contribution in [-0.2, 0) is 16.0 Å². The summed E-state index contributed by atoms with van der Waals surface area (Å²) in [6.45, 7) is -0.437. The van der Waals surface area contributed by atoms with Crippen LogP contribution in [0.1, 0.15) is 26.3 Å². The summed E-state index contributed by atoms with van der Waals surface area (Å²) in [5, 5.41) is 8.62. The van der Waals surface area contributed by atoms with Crippen LogP contribution in [0, 0.1) is 11.3 Å².